The minimum atomic E-state index is -0.0243. The van der Waals surface area contributed by atoms with Crippen molar-refractivity contribution >= 4 is 27.8 Å². The lowest BCUT2D eigenvalue weighted by atomic mass is 10.2. The first-order chi connectivity index (χ1) is 14.3. The van der Waals surface area contributed by atoms with Gasteiger partial charge in [-0.05, 0) is 37.1 Å². The van der Waals surface area contributed by atoms with Crippen LogP contribution in [0.3, 0.4) is 0 Å². The van der Waals surface area contributed by atoms with Crippen LogP contribution in [0.15, 0.2) is 54.6 Å². The summed E-state index contributed by atoms with van der Waals surface area (Å²) < 4.78 is 7.37. The van der Waals surface area contributed by atoms with Gasteiger partial charge in [0.05, 0.1) is 23.7 Å². The number of nitrogens with one attached hydrogen (secondary N) is 1. The Morgan fingerprint density at radius 1 is 1.21 bits per heavy atom. The maximum absolute atomic E-state index is 13.6. The van der Waals surface area contributed by atoms with Crippen molar-refractivity contribution < 1.29 is 9.53 Å². The number of benzene rings is 2. The van der Waals surface area contributed by atoms with E-state index < -0.39 is 0 Å². The van der Waals surface area contributed by atoms with Crippen molar-refractivity contribution in [3.05, 3.63) is 66.1 Å². The van der Waals surface area contributed by atoms with E-state index in [1.165, 1.54) is 0 Å². The summed E-state index contributed by atoms with van der Waals surface area (Å²) in [7, 11) is 1.69. The van der Waals surface area contributed by atoms with Crippen LogP contribution < -0.4 is 0 Å². The van der Waals surface area contributed by atoms with Crippen LogP contribution in [0.4, 0.5) is 0 Å². The molecule has 1 aliphatic heterocycles. The first-order valence-electron chi connectivity index (χ1n) is 10.1. The van der Waals surface area contributed by atoms with E-state index in [9.17, 15) is 4.79 Å². The SMILES string of the molecule is COCCn1c(C(=O)N2CCCC2c2nc3ccccc3[nH]2)cc2ccccc21. The molecule has 0 radical (unpaired) electrons. The van der Waals surface area contributed by atoms with E-state index >= 15 is 0 Å². The van der Waals surface area contributed by atoms with Gasteiger partial charge in [-0.1, -0.05) is 30.3 Å². The molecule has 6 heteroatoms. The number of aromatic nitrogens is 3. The van der Waals surface area contributed by atoms with Gasteiger partial charge in [-0.3, -0.25) is 4.79 Å². The zero-order chi connectivity index (χ0) is 19.8. The number of aromatic amines is 1. The Kier molecular flexibility index (Phi) is 4.56. The van der Waals surface area contributed by atoms with Crippen LogP contribution in [0.25, 0.3) is 21.9 Å². The van der Waals surface area contributed by atoms with Crippen molar-refractivity contribution in [3.63, 3.8) is 0 Å². The number of hydrogen-bond acceptors (Lipinski definition) is 3. The number of amides is 1. The second-order valence-corrected chi connectivity index (χ2v) is 7.53. The number of carbonyl (C=O) groups excluding carboxylic acids is 1. The third-order valence-corrected chi connectivity index (χ3v) is 5.79. The van der Waals surface area contributed by atoms with E-state index in [2.05, 4.69) is 21.7 Å². The highest BCUT2D eigenvalue weighted by atomic mass is 16.5. The monoisotopic (exact) mass is 388 g/mol. The standard InChI is InChI=1S/C23H24N4O2/c1-29-14-13-26-19-10-5-2-7-16(19)15-21(26)23(28)27-12-6-11-20(27)22-24-17-8-3-4-9-18(17)25-22/h2-5,7-10,15,20H,6,11-14H2,1H3,(H,24,25). The van der Waals surface area contributed by atoms with Crippen LogP contribution in [-0.2, 0) is 11.3 Å². The largest absolute Gasteiger partial charge is 0.383 e. The molecule has 148 valence electrons. The molecule has 2 aromatic carbocycles. The molecule has 2 aromatic heterocycles. The molecule has 0 aliphatic carbocycles. The molecule has 0 saturated carbocycles. The molecule has 5 rings (SSSR count). The van der Waals surface area contributed by atoms with E-state index in [1.807, 2.05) is 47.4 Å². The highest BCUT2D eigenvalue weighted by molar-refractivity contribution is 5.99. The van der Waals surface area contributed by atoms with Gasteiger partial charge in [-0.15, -0.1) is 0 Å². The summed E-state index contributed by atoms with van der Waals surface area (Å²) in [6.07, 6.45) is 1.90. The van der Waals surface area contributed by atoms with E-state index in [0.717, 1.165) is 47.1 Å². The maximum atomic E-state index is 13.6. The zero-order valence-corrected chi connectivity index (χ0v) is 16.5. The molecule has 0 spiro atoms. The molecule has 1 fully saturated rings. The number of nitrogens with zero attached hydrogens (tertiary/aromatic N) is 3. The zero-order valence-electron chi connectivity index (χ0n) is 16.5. The summed E-state index contributed by atoms with van der Waals surface area (Å²) in [6, 6.07) is 18.1. The van der Waals surface area contributed by atoms with E-state index in [-0.39, 0.29) is 11.9 Å². The topological polar surface area (TPSA) is 63.1 Å². The first kappa shape index (κ1) is 17.9. The molecule has 29 heavy (non-hydrogen) atoms. The summed E-state index contributed by atoms with van der Waals surface area (Å²) >= 11 is 0. The number of hydrogen-bond donors (Lipinski definition) is 1. The predicted molar refractivity (Wildman–Crippen MR) is 113 cm³/mol. The fraction of sp³-hybridized carbons (Fsp3) is 0.304. The smallest absolute Gasteiger partial charge is 0.271 e. The van der Waals surface area contributed by atoms with Crippen molar-refractivity contribution in [3.8, 4) is 0 Å². The highest BCUT2D eigenvalue weighted by Crippen LogP contribution is 2.33. The van der Waals surface area contributed by atoms with Gasteiger partial charge in [0.1, 0.15) is 11.5 Å². The fourth-order valence-corrected chi connectivity index (χ4v) is 4.38. The van der Waals surface area contributed by atoms with Gasteiger partial charge in [0.25, 0.3) is 5.91 Å². The Hall–Kier alpha value is -3.12. The molecule has 0 bridgehead atoms. The normalized spacial score (nSPS) is 16.9. The molecule has 1 atom stereocenters. The van der Waals surface area contributed by atoms with Gasteiger partial charge in [0, 0.05) is 31.1 Å². The lowest BCUT2D eigenvalue weighted by Crippen LogP contribution is -2.32. The number of fused-ring (bicyclic) bond motifs is 2. The van der Waals surface area contributed by atoms with Gasteiger partial charge in [-0.2, -0.15) is 0 Å². The molecule has 3 heterocycles. The Morgan fingerprint density at radius 2 is 2.03 bits per heavy atom. The van der Waals surface area contributed by atoms with Gasteiger partial charge in [-0.25, -0.2) is 4.98 Å². The number of ether oxygens (including phenoxy) is 1. The molecular formula is C23H24N4O2. The number of methoxy groups -OCH3 is 1. The summed E-state index contributed by atoms with van der Waals surface area (Å²) in [6.45, 7) is 1.95. The van der Waals surface area contributed by atoms with Crippen molar-refractivity contribution in [2.45, 2.75) is 25.4 Å². The Morgan fingerprint density at radius 3 is 2.90 bits per heavy atom. The van der Waals surface area contributed by atoms with Crippen LogP contribution in [0.1, 0.15) is 35.2 Å². The lowest BCUT2D eigenvalue weighted by molar-refractivity contribution is 0.0717. The van der Waals surface area contributed by atoms with Gasteiger partial charge in [0.2, 0.25) is 0 Å². The highest BCUT2D eigenvalue weighted by Gasteiger charge is 2.34. The van der Waals surface area contributed by atoms with Gasteiger partial charge >= 0.3 is 0 Å². The summed E-state index contributed by atoms with van der Waals surface area (Å²) in [5, 5.41) is 1.08. The third kappa shape index (κ3) is 3.09. The number of para-hydroxylation sites is 3. The summed E-state index contributed by atoms with van der Waals surface area (Å²) in [5.41, 5.74) is 3.73. The number of imidazole rings is 1. The van der Waals surface area contributed by atoms with Crippen LogP contribution in [0, 0.1) is 0 Å². The average Bonchev–Trinajstić information content (AvgIpc) is 3.47. The van der Waals surface area contributed by atoms with E-state index in [4.69, 9.17) is 9.72 Å². The second kappa shape index (κ2) is 7.37. The number of rotatable bonds is 5. The Bertz CT molecular complexity index is 1140. The maximum Gasteiger partial charge on any atom is 0.271 e. The van der Waals surface area contributed by atoms with Crippen LogP contribution >= 0.6 is 0 Å². The molecule has 1 unspecified atom stereocenters. The minimum Gasteiger partial charge on any atom is -0.383 e. The molecule has 1 aliphatic rings. The molecule has 1 N–H and O–H groups in total. The van der Waals surface area contributed by atoms with Crippen molar-refractivity contribution in [1.29, 1.82) is 0 Å². The Labute approximate surface area is 169 Å². The molecule has 1 amide bonds. The van der Waals surface area contributed by atoms with E-state index in [1.54, 1.807) is 7.11 Å². The van der Waals surface area contributed by atoms with Crippen molar-refractivity contribution in [1.82, 2.24) is 19.4 Å². The van der Waals surface area contributed by atoms with Gasteiger partial charge < -0.3 is 19.2 Å². The summed E-state index contributed by atoms with van der Waals surface area (Å²) in [5.74, 6) is 0.928. The van der Waals surface area contributed by atoms with E-state index in [0.29, 0.717) is 18.8 Å². The average molecular weight is 388 g/mol. The number of H-pyrrole nitrogens is 1. The third-order valence-electron chi connectivity index (χ3n) is 5.79. The predicted octanol–water partition coefficient (Wildman–Crippen LogP) is 4.14. The molecule has 4 aromatic rings. The van der Waals surface area contributed by atoms with Crippen molar-refractivity contribution in [2.75, 3.05) is 20.3 Å². The van der Waals surface area contributed by atoms with Crippen molar-refractivity contribution in [2.24, 2.45) is 0 Å². The summed E-state index contributed by atoms with van der Waals surface area (Å²) in [4.78, 5) is 23.8. The quantitative estimate of drug-likeness (QED) is 0.559. The van der Waals surface area contributed by atoms with Crippen LogP contribution in [-0.4, -0.2) is 45.6 Å². The minimum absolute atomic E-state index is 0.0243. The lowest BCUT2D eigenvalue weighted by Gasteiger charge is -2.24. The molecular weight excluding hydrogens is 364 g/mol. The molecule has 1 saturated heterocycles. The fourth-order valence-electron chi connectivity index (χ4n) is 4.38. The van der Waals surface area contributed by atoms with Crippen LogP contribution in [0.5, 0.6) is 0 Å². The Balaban J connectivity index is 1.52. The van der Waals surface area contributed by atoms with Gasteiger partial charge in [0.15, 0.2) is 0 Å². The number of likely N-dealkylation sites (tertiary alicyclic amines) is 1. The second-order valence-electron chi connectivity index (χ2n) is 7.53. The number of carbonyl (C=O) groups is 1. The molecule has 6 nitrogen and oxygen atoms in total. The first-order valence-corrected chi connectivity index (χ1v) is 10.1. The van der Waals surface area contributed by atoms with Crippen LogP contribution in [0.2, 0.25) is 0 Å².